The Kier molecular flexibility index (Phi) is 5.42. The summed E-state index contributed by atoms with van der Waals surface area (Å²) in [5.41, 5.74) is 6.28. The molecule has 5 nitrogen and oxygen atoms in total. The monoisotopic (exact) mass is 408 g/mol. The van der Waals surface area contributed by atoms with E-state index < -0.39 is 22.7 Å². The van der Waals surface area contributed by atoms with Gasteiger partial charge in [-0.15, -0.1) is 0 Å². The molecule has 146 valence electrons. The molecule has 9 heteroatoms. The molecule has 3 rings (SSSR count). The number of alkyl halides is 3. The summed E-state index contributed by atoms with van der Waals surface area (Å²) >= 11 is 5.85. The molecule has 1 amide bonds. The summed E-state index contributed by atoms with van der Waals surface area (Å²) in [7, 11) is 0. The quantitative estimate of drug-likeness (QED) is 0.756. The van der Waals surface area contributed by atoms with Crippen molar-refractivity contribution in [2.24, 2.45) is 5.73 Å². The summed E-state index contributed by atoms with van der Waals surface area (Å²) in [5.74, 6) is -0.637. The first-order valence-electron chi connectivity index (χ1n) is 8.33. The molecule has 0 saturated heterocycles. The number of rotatable bonds is 3. The normalized spacial score (nSPS) is 14.9. The number of carbonyl (C=O) groups excluding carboxylic acids is 1. The number of halogens is 4. The Hall–Kier alpha value is -2.87. The van der Waals surface area contributed by atoms with Crippen LogP contribution in [0, 0.1) is 5.41 Å². The Morgan fingerprint density at radius 3 is 2.57 bits per heavy atom. The third kappa shape index (κ3) is 3.87. The molecule has 0 saturated carbocycles. The molecule has 1 aliphatic heterocycles. The van der Waals surface area contributed by atoms with E-state index in [0.717, 1.165) is 12.1 Å². The van der Waals surface area contributed by atoms with E-state index in [9.17, 15) is 18.0 Å². The lowest BCUT2D eigenvalue weighted by Gasteiger charge is -2.30. The third-order valence-electron chi connectivity index (χ3n) is 4.43. The maximum absolute atomic E-state index is 13.0. The fourth-order valence-corrected chi connectivity index (χ4v) is 3.31. The maximum atomic E-state index is 13.0. The van der Waals surface area contributed by atoms with Crippen LogP contribution in [-0.2, 0) is 6.18 Å². The highest BCUT2D eigenvalue weighted by Crippen LogP contribution is 2.36. The van der Waals surface area contributed by atoms with Crippen LogP contribution in [0.4, 0.5) is 13.2 Å². The second-order valence-corrected chi connectivity index (χ2v) is 6.61. The van der Waals surface area contributed by atoms with Gasteiger partial charge in [-0.1, -0.05) is 23.7 Å². The zero-order valence-corrected chi connectivity index (χ0v) is 15.3. The minimum Gasteiger partial charge on any atom is -0.400 e. The van der Waals surface area contributed by atoms with E-state index >= 15 is 0 Å². The molecule has 2 heterocycles. The lowest BCUT2D eigenvalue weighted by Crippen LogP contribution is -2.40. The van der Waals surface area contributed by atoms with Gasteiger partial charge in [-0.05, 0) is 30.7 Å². The van der Waals surface area contributed by atoms with Crippen molar-refractivity contribution in [3.05, 3.63) is 75.7 Å². The van der Waals surface area contributed by atoms with E-state index in [4.69, 9.17) is 22.7 Å². The van der Waals surface area contributed by atoms with Gasteiger partial charge < -0.3 is 10.6 Å². The summed E-state index contributed by atoms with van der Waals surface area (Å²) in [6.45, 7) is 0.201. The highest BCUT2D eigenvalue weighted by molar-refractivity contribution is 6.34. The van der Waals surface area contributed by atoms with Crippen LogP contribution in [0.15, 0.2) is 53.9 Å². The van der Waals surface area contributed by atoms with Gasteiger partial charge in [-0.2, -0.15) is 13.2 Å². The Morgan fingerprint density at radius 2 is 1.96 bits per heavy atom. The molecule has 0 aliphatic carbocycles. The Bertz CT molecular complexity index is 957. The number of nitrogens with two attached hydrogens (primary N) is 1. The highest BCUT2D eigenvalue weighted by atomic mass is 35.5. The Morgan fingerprint density at radius 1 is 1.21 bits per heavy atom. The number of nitrogens with one attached hydrogen (secondary N) is 1. The minimum atomic E-state index is -4.65. The SMILES string of the molecule is N=C(C1=C(N)CN(C(=O)c2cccc(C(F)(F)F)c2Cl)CC1)c1ccccn1. The lowest BCUT2D eigenvalue weighted by molar-refractivity contribution is -0.137. The predicted molar refractivity (Wildman–Crippen MR) is 99.3 cm³/mol. The van der Waals surface area contributed by atoms with Crippen LogP contribution >= 0.6 is 11.6 Å². The van der Waals surface area contributed by atoms with Crippen LogP contribution in [0.25, 0.3) is 0 Å². The average molecular weight is 409 g/mol. The molecule has 0 radical (unpaired) electrons. The summed E-state index contributed by atoms with van der Waals surface area (Å²) in [5, 5.41) is 7.64. The molecule has 1 aromatic heterocycles. The number of carbonyl (C=O) groups is 1. The van der Waals surface area contributed by atoms with Crippen molar-refractivity contribution in [1.29, 1.82) is 5.41 Å². The average Bonchev–Trinajstić information content (AvgIpc) is 2.67. The summed E-state index contributed by atoms with van der Waals surface area (Å²) in [4.78, 5) is 18.2. The molecular weight excluding hydrogens is 393 g/mol. The first-order valence-corrected chi connectivity index (χ1v) is 8.70. The molecule has 0 spiro atoms. The fraction of sp³-hybridized carbons (Fsp3) is 0.211. The van der Waals surface area contributed by atoms with E-state index in [1.54, 1.807) is 24.4 Å². The van der Waals surface area contributed by atoms with Crippen molar-refractivity contribution >= 4 is 23.2 Å². The molecule has 0 unspecified atom stereocenters. The zero-order chi connectivity index (χ0) is 20.5. The van der Waals surface area contributed by atoms with Gasteiger partial charge in [0.15, 0.2) is 0 Å². The van der Waals surface area contributed by atoms with Crippen LogP contribution in [0.5, 0.6) is 0 Å². The number of aromatic nitrogens is 1. The molecule has 3 N–H and O–H groups in total. The van der Waals surface area contributed by atoms with Gasteiger partial charge >= 0.3 is 6.18 Å². The largest absolute Gasteiger partial charge is 0.417 e. The van der Waals surface area contributed by atoms with Gasteiger partial charge in [0.05, 0.1) is 34.1 Å². The zero-order valence-electron chi connectivity index (χ0n) is 14.6. The first kappa shape index (κ1) is 19.9. The third-order valence-corrected chi connectivity index (χ3v) is 4.83. The smallest absolute Gasteiger partial charge is 0.400 e. The number of pyridine rings is 1. The molecule has 28 heavy (non-hydrogen) atoms. The Labute approximate surface area is 164 Å². The van der Waals surface area contributed by atoms with Gasteiger partial charge in [0, 0.05) is 24.0 Å². The topological polar surface area (TPSA) is 83.1 Å². The second kappa shape index (κ2) is 7.63. The molecule has 0 atom stereocenters. The van der Waals surface area contributed by atoms with Gasteiger partial charge in [-0.25, -0.2) is 0 Å². The van der Waals surface area contributed by atoms with Crippen LogP contribution in [0.2, 0.25) is 5.02 Å². The molecule has 2 aromatic rings. The highest BCUT2D eigenvalue weighted by Gasteiger charge is 2.35. The molecule has 0 bridgehead atoms. The van der Waals surface area contributed by atoms with Gasteiger partial charge in [-0.3, -0.25) is 15.2 Å². The van der Waals surface area contributed by atoms with Crippen molar-refractivity contribution < 1.29 is 18.0 Å². The lowest BCUT2D eigenvalue weighted by atomic mass is 9.97. The van der Waals surface area contributed by atoms with Crippen molar-refractivity contribution in [2.75, 3.05) is 13.1 Å². The Balaban J connectivity index is 1.84. The predicted octanol–water partition coefficient (Wildman–Crippen LogP) is 3.88. The number of hydrogen-bond acceptors (Lipinski definition) is 4. The van der Waals surface area contributed by atoms with Gasteiger partial charge in [0.25, 0.3) is 5.91 Å². The molecular formula is C19H16ClF3N4O. The fourth-order valence-electron chi connectivity index (χ4n) is 3.00. The number of benzene rings is 1. The molecule has 1 aromatic carbocycles. The van der Waals surface area contributed by atoms with Crippen LogP contribution in [0.1, 0.15) is 28.0 Å². The minimum absolute atomic E-state index is 0.00401. The van der Waals surface area contributed by atoms with Crippen molar-refractivity contribution in [1.82, 2.24) is 9.88 Å². The number of hydrogen-bond donors (Lipinski definition) is 2. The van der Waals surface area contributed by atoms with E-state index in [1.807, 2.05) is 0 Å². The summed E-state index contributed by atoms with van der Waals surface area (Å²) < 4.78 is 39.1. The van der Waals surface area contributed by atoms with E-state index in [-0.39, 0.29) is 24.4 Å². The molecule has 0 fully saturated rings. The van der Waals surface area contributed by atoms with E-state index in [1.165, 1.54) is 11.0 Å². The van der Waals surface area contributed by atoms with Crippen LogP contribution in [-0.4, -0.2) is 34.6 Å². The number of amides is 1. The van der Waals surface area contributed by atoms with Crippen LogP contribution in [0.3, 0.4) is 0 Å². The van der Waals surface area contributed by atoms with Crippen molar-refractivity contribution in [3.63, 3.8) is 0 Å². The van der Waals surface area contributed by atoms with E-state index in [2.05, 4.69) is 4.98 Å². The van der Waals surface area contributed by atoms with Crippen molar-refractivity contribution in [2.45, 2.75) is 12.6 Å². The van der Waals surface area contributed by atoms with Gasteiger partial charge in [0.2, 0.25) is 0 Å². The van der Waals surface area contributed by atoms with E-state index in [0.29, 0.717) is 23.4 Å². The van der Waals surface area contributed by atoms with Crippen molar-refractivity contribution in [3.8, 4) is 0 Å². The van der Waals surface area contributed by atoms with Crippen LogP contribution < -0.4 is 5.73 Å². The summed E-state index contributed by atoms with van der Waals surface area (Å²) in [6.07, 6.45) is -2.79. The summed E-state index contributed by atoms with van der Waals surface area (Å²) in [6, 6.07) is 8.40. The van der Waals surface area contributed by atoms with Gasteiger partial charge in [0.1, 0.15) is 0 Å². The number of nitrogens with zero attached hydrogens (tertiary/aromatic N) is 2. The maximum Gasteiger partial charge on any atom is 0.417 e. The second-order valence-electron chi connectivity index (χ2n) is 6.24. The standard InChI is InChI=1S/C19H16ClF3N4O/c20-16-12(4-3-5-13(16)19(21,22)23)18(28)27-9-7-11(14(24)10-27)17(25)15-6-1-2-8-26-15/h1-6,8,25H,7,9-10,24H2. The molecule has 1 aliphatic rings. The first-order chi connectivity index (χ1) is 13.2.